The fourth-order valence-corrected chi connectivity index (χ4v) is 2.86. The standard InChI is InChI=1S/C24H25N3O3/c1-18-8-7-11-20(16-18)30-15-14-25-23(28)17-26-22-13-6-5-12-21(22)24(29)27-19-9-3-2-4-10-19/h2-13,16,26H,14-15,17H2,1H3,(H,25,28)(H,27,29). The predicted molar refractivity (Wildman–Crippen MR) is 119 cm³/mol. The van der Waals surface area contributed by atoms with Gasteiger partial charge in [0.15, 0.2) is 0 Å². The Bertz CT molecular complexity index is 990. The first-order valence-electron chi connectivity index (χ1n) is 9.77. The van der Waals surface area contributed by atoms with Crippen molar-refractivity contribution in [3.63, 3.8) is 0 Å². The van der Waals surface area contributed by atoms with Gasteiger partial charge in [0, 0.05) is 11.4 Å². The molecule has 6 nitrogen and oxygen atoms in total. The predicted octanol–water partition coefficient (Wildman–Crippen LogP) is 3.85. The summed E-state index contributed by atoms with van der Waals surface area (Å²) in [7, 11) is 0. The molecule has 2 amide bonds. The molecule has 0 spiro atoms. The Hall–Kier alpha value is -3.80. The highest BCUT2D eigenvalue weighted by atomic mass is 16.5. The average molecular weight is 403 g/mol. The minimum atomic E-state index is -0.240. The summed E-state index contributed by atoms with van der Waals surface area (Å²) in [5.74, 6) is 0.359. The van der Waals surface area contributed by atoms with Crippen molar-refractivity contribution in [2.24, 2.45) is 0 Å². The highest BCUT2D eigenvalue weighted by Gasteiger charge is 2.12. The topological polar surface area (TPSA) is 79.5 Å². The van der Waals surface area contributed by atoms with Gasteiger partial charge in [0.25, 0.3) is 5.91 Å². The molecule has 6 heteroatoms. The number of anilines is 2. The molecule has 3 N–H and O–H groups in total. The largest absolute Gasteiger partial charge is 0.492 e. The fraction of sp³-hybridized carbons (Fsp3) is 0.167. The van der Waals surface area contributed by atoms with E-state index in [1.807, 2.05) is 67.6 Å². The molecule has 154 valence electrons. The van der Waals surface area contributed by atoms with Crippen LogP contribution in [0.1, 0.15) is 15.9 Å². The lowest BCUT2D eigenvalue weighted by Crippen LogP contribution is -2.33. The summed E-state index contributed by atoms with van der Waals surface area (Å²) < 4.78 is 5.62. The van der Waals surface area contributed by atoms with Gasteiger partial charge < -0.3 is 20.7 Å². The Balaban J connectivity index is 1.46. The summed E-state index contributed by atoms with van der Waals surface area (Å²) >= 11 is 0. The number of amides is 2. The molecule has 0 saturated carbocycles. The highest BCUT2D eigenvalue weighted by molar-refractivity contribution is 6.08. The summed E-state index contributed by atoms with van der Waals surface area (Å²) in [6, 6.07) is 24.1. The zero-order valence-corrected chi connectivity index (χ0v) is 16.9. The van der Waals surface area contributed by atoms with E-state index < -0.39 is 0 Å². The summed E-state index contributed by atoms with van der Waals surface area (Å²) in [5, 5.41) is 8.68. The molecule has 3 aromatic carbocycles. The van der Waals surface area contributed by atoms with Crippen LogP contribution in [0, 0.1) is 6.92 Å². The van der Waals surface area contributed by atoms with Gasteiger partial charge in [-0.15, -0.1) is 0 Å². The molecule has 0 aliphatic heterocycles. The average Bonchev–Trinajstić information content (AvgIpc) is 2.76. The van der Waals surface area contributed by atoms with Crippen molar-refractivity contribution in [2.75, 3.05) is 30.3 Å². The van der Waals surface area contributed by atoms with E-state index in [0.29, 0.717) is 30.1 Å². The van der Waals surface area contributed by atoms with Crippen molar-refractivity contribution >= 4 is 23.2 Å². The van der Waals surface area contributed by atoms with Crippen LogP contribution in [0.4, 0.5) is 11.4 Å². The third-order valence-electron chi connectivity index (χ3n) is 4.33. The van der Waals surface area contributed by atoms with E-state index >= 15 is 0 Å². The van der Waals surface area contributed by atoms with E-state index in [0.717, 1.165) is 11.3 Å². The maximum absolute atomic E-state index is 12.6. The summed E-state index contributed by atoms with van der Waals surface area (Å²) in [4.78, 5) is 24.7. The van der Waals surface area contributed by atoms with Crippen LogP contribution in [0.2, 0.25) is 0 Å². The van der Waals surface area contributed by atoms with Crippen LogP contribution >= 0.6 is 0 Å². The van der Waals surface area contributed by atoms with Crippen LogP contribution in [0.3, 0.4) is 0 Å². The SMILES string of the molecule is Cc1cccc(OCCNC(=O)CNc2ccccc2C(=O)Nc2ccccc2)c1. The number of para-hydroxylation sites is 2. The van der Waals surface area contributed by atoms with Crippen LogP contribution in [-0.4, -0.2) is 31.5 Å². The minimum absolute atomic E-state index is 0.0556. The number of aryl methyl sites for hydroxylation is 1. The van der Waals surface area contributed by atoms with Gasteiger partial charge in [-0.25, -0.2) is 0 Å². The summed E-state index contributed by atoms with van der Waals surface area (Å²) in [6.07, 6.45) is 0. The first kappa shape index (κ1) is 20.9. The van der Waals surface area contributed by atoms with Crippen LogP contribution in [0.15, 0.2) is 78.9 Å². The van der Waals surface area contributed by atoms with Gasteiger partial charge >= 0.3 is 0 Å². The second kappa shape index (κ2) is 10.7. The lowest BCUT2D eigenvalue weighted by Gasteiger charge is -2.13. The Morgan fingerprint density at radius 3 is 2.47 bits per heavy atom. The summed E-state index contributed by atoms with van der Waals surface area (Å²) in [6.45, 7) is 2.83. The first-order chi connectivity index (χ1) is 14.6. The second-order valence-corrected chi connectivity index (χ2v) is 6.73. The van der Waals surface area contributed by atoms with Gasteiger partial charge in [0.05, 0.1) is 18.7 Å². The maximum atomic E-state index is 12.6. The third kappa shape index (κ3) is 6.38. The zero-order valence-electron chi connectivity index (χ0n) is 16.9. The normalized spacial score (nSPS) is 10.2. The van der Waals surface area contributed by atoms with Gasteiger partial charge in [-0.2, -0.15) is 0 Å². The van der Waals surface area contributed by atoms with Crippen molar-refractivity contribution in [2.45, 2.75) is 6.92 Å². The van der Waals surface area contributed by atoms with E-state index in [4.69, 9.17) is 4.74 Å². The minimum Gasteiger partial charge on any atom is -0.492 e. The quantitative estimate of drug-likeness (QED) is 0.474. The lowest BCUT2D eigenvalue weighted by molar-refractivity contribution is -0.119. The van der Waals surface area contributed by atoms with E-state index in [9.17, 15) is 9.59 Å². The van der Waals surface area contributed by atoms with Gasteiger partial charge in [-0.3, -0.25) is 9.59 Å². The number of hydrogen-bond acceptors (Lipinski definition) is 4. The lowest BCUT2D eigenvalue weighted by atomic mass is 10.1. The molecule has 0 aliphatic rings. The molecule has 30 heavy (non-hydrogen) atoms. The first-order valence-corrected chi connectivity index (χ1v) is 9.77. The number of ether oxygens (including phenoxy) is 1. The third-order valence-corrected chi connectivity index (χ3v) is 4.33. The molecule has 0 atom stereocenters. The van der Waals surface area contributed by atoms with E-state index in [2.05, 4.69) is 16.0 Å². The van der Waals surface area contributed by atoms with E-state index in [-0.39, 0.29) is 18.4 Å². The van der Waals surface area contributed by atoms with Crippen molar-refractivity contribution in [1.29, 1.82) is 0 Å². The fourth-order valence-electron chi connectivity index (χ4n) is 2.86. The van der Waals surface area contributed by atoms with Gasteiger partial charge in [0.1, 0.15) is 12.4 Å². The molecule has 3 aromatic rings. The van der Waals surface area contributed by atoms with Crippen LogP contribution in [0.5, 0.6) is 5.75 Å². The monoisotopic (exact) mass is 403 g/mol. The molecule has 3 rings (SSSR count). The Morgan fingerprint density at radius 1 is 0.900 bits per heavy atom. The van der Waals surface area contributed by atoms with E-state index in [1.165, 1.54) is 0 Å². The molecule has 0 aliphatic carbocycles. The number of benzene rings is 3. The van der Waals surface area contributed by atoms with Crippen molar-refractivity contribution in [1.82, 2.24) is 5.32 Å². The van der Waals surface area contributed by atoms with Gasteiger partial charge in [-0.05, 0) is 48.9 Å². The molecular formula is C24H25N3O3. The van der Waals surface area contributed by atoms with Gasteiger partial charge in [-0.1, -0.05) is 42.5 Å². The number of nitrogens with one attached hydrogen (secondary N) is 3. The smallest absolute Gasteiger partial charge is 0.257 e. The number of hydrogen-bond donors (Lipinski definition) is 3. The van der Waals surface area contributed by atoms with E-state index in [1.54, 1.807) is 18.2 Å². The summed E-state index contributed by atoms with van der Waals surface area (Å²) in [5.41, 5.74) is 2.90. The number of carbonyl (C=O) groups is 2. The molecule has 0 saturated heterocycles. The molecule has 0 unspecified atom stereocenters. The van der Waals surface area contributed by atoms with Crippen LogP contribution in [0.25, 0.3) is 0 Å². The Labute approximate surface area is 176 Å². The molecule has 0 heterocycles. The van der Waals surface area contributed by atoms with Crippen molar-refractivity contribution in [3.8, 4) is 5.75 Å². The van der Waals surface area contributed by atoms with Crippen molar-refractivity contribution < 1.29 is 14.3 Å². The van der Waals surface area contributed by atoms with Gasteiger partial charge in [0.2, 0.25) is 5.91 Å². The molecule has 0 aromatic heterocycles. The molecule has 0 bridgehead atoms. The second-order valence-electron chi connectivity index (χ2n) is 6.73. The Kier molecular flexibility index (Phi) is 7.44. The molecular weight excluding hydrogens is 378 g/mol. The molecule has 0 radical (unpaired) electrons. The number of rotatable bonds is 9. The maximum Gasteiger partial charge on any atom is 0.257 e. The zero-order chi connectivity index (χ0) is 21.2. The van der Waals surface area contributed by atoms with Crippen LogP contribution in [-0.2, 0) is 4.79 Å². The Morgan fingerprint density at radius 2 is 1.67 bits per heavy atom. The number of carbonyl (C=O) groups excluding carboxylic acids is 2. The van der Waals surface area contributed by atoms with Crippen molar-refractivity contribution in [3.05, 3.63) is 90.0 Å². The van der Waals surface area contributed by atoms with Crippen LogP contribution < -0.4 is 20.7 Å². The molecule has 0 fully saturated rings. The highest BCUT2D eigenvalue weighted by Crippen LogP contribution is 2.17.